The van der Waals surface area contributed by atoms with Gasteiger partial charge in [-0.2, -0.15) is 12.6 Å². The summed E-state index contributed by atoms with van der Waals surface area (Å²) in [6.07, 6.45) is 0. The molecule has 1 atom stereocenters. The molecule has 0 unspecified atom stereocenters. The molecule has 0 aliphatic carbocycles. The van der Waals surface area contributed by atoms with Gasteiger partial charge in [-0.3, -0.25) is 4.79 Å². The highest BCUT2D eigenvalue weighted by atomic mass is 32.1. The van der Waals surface area contributed by atoms with E-state index in [4.69, 9.17) is 5.73 Å². The Morgan fingerprint density at radius 1 is 1.50 bits per heavy atom. The SMILES string of the molecule is Cc1ccc(N[C@@H](CS)C(N)=O)cc1. The molecule has 76 valence electrons. The van der Waals surface area contributed by atoms with E-state index in [9.17, 15) is 4.79 Å². The molecule has 0 bridgehead atoms. The number of nitrogens with two attached hydrogens (primary N) is 1. The molecule has 0 heterocycles. The van der Waals surface area contributed by atoms with E-state index < -0.39 is 6.04 Å². The number of thiol groups is 1. The normalized spacial score (nSPS) is 12.1. The van der Waals surface area contributed by atoms with Crippen LogP contribution in [0.5, 0.6) is 0 Å². The van der Waals surface area contributed by atoms with Crippen molar-refractivity contribution in [3.63, 3.8) is 0 Å². The van der Waals surface area contributed by atoms with Crippen LogP contribution in [0.25, 0.3) is 0 Å². The Labute approximate surface area is 89.1 Å². The second-order valence-electron chi connectivity index (χ2n) is 3.15. The third-order valence-corrected chi connectivity index (χ3v) is 2.28. The molecule has 1 aromatic rings. The lowest BCUT2D eigenvalue weighted by Crippen LogP contribution is -2.36. The second-order valence-corrected chi connectivity index (χ2v) is 3.51. The van der Waals surface area contributed by atoms with Crippen LogP contribution in [0.1, 0.15) is 5.56 Å². The van der Waals surface area contributed by atoms with E-state index in [2.05, 4.69) is 17.9 Å². The maximum atomic E-state index is 10.9. The molecule has 0 radical (unpaired) electrons. The van der Waals surface area contributed by atoms with E-state index in [1.165, 1.54) is 5.56 Å². The number of primary amides is 1. The van der Waals surface area contributed by atoms with Crippen LogP contribution in [0.3, 0.4) is 0 Å². The van der Waals surface area contributed by atoms with E-state index in [0.717, 1.165) is 5.69 Å². The monoisotopic (exact) mass is 210 g/mol. The lowest BCUT2D eigenvalue weighted by atomic mass is 10.2. The van der Waals surface area contributed by atoms with E-state index in [0.29, 0.717) is 5.75 Å². The standard InChI is InChI=1S/C10H14N2OS/c1-7-2-4-8(5-3-7)12-9(6-14)10(11)13/h2-5,9,12,14H,6H2,1H3,(H2,11,13)/t9-/m0/s1. The number of aryl methyl sites for hydroxylation is 1. The van der Waals surface area contributed by atoms with Crippen LogP contribution in [-0.4, -0.2) is 17.7 Å². The minimum absolute atomic E-state index is 0.388. The zero-order valence-electron chi connectivity index (χ0n) is 8.03. The van der Waals surface area contributed by atoms with Crippen LogP contribution in [0.15, 0.2) is 24.3 Å². The van der Waals surface area contributed by atoms with Crippen LogP contribution in [0.4, 0.5) is 5.69 Å². The predicted molar refractivity (Wildman–Crippen MR) is 61.6 cm³/mol. The van der Waals surface area contributed by atoms with Gasteiger partial charge in [-0.05, 0) is 19.1 Å². The molecule has 0 saturated heterocycles. The highest BCUT2D eigenvalue weighted by Gasteiger charge is 2.11. The van der Waals surface area contributed by atoms with Crippen molar-refractivity contribution >= 4 is 24.2 Å². The van der Waals surface area contributed by atoms with E-state index in [1.807, 2.05) is 31.2 Å². The van der Waals surface area contributed by atoms with Crippen molar-refractivity contribution in [2.45, 2.75) is 13.0 Å². The Morgan fingerprint density at radius 2 is 2.07 bits per heavy atom. The fourth-order valence-corrected chi connectivity index (χ4v) is 1.33. The van der Waals surface area contributed by atoms with Crippen molar-refractivity contribution in [2.75, 3.05) is 11.1 Å². The molecule has 0 aliphatic rings. The zero-order chi connectivity index (χ0) is 10.6. The number of benzene rings is 1. The van der Waals surface area contributed by atoms with Gasteiger partial charge in [0.05, 0.1) is 0 Å². The van der Waals surface area contributed by atoms with Crippen molar-refractivity contribution in [3.8, 4) is 0 Å². The lowest BCUT2D eigenvalue weighted by molar-refractivity contribution is -0.118. The molecule has 3 nitrogen and oxygen atoms in total. The molecule has 0 spiro atoms. The summed E-state index contributed by atoms with van der Waals surface area (Å²) in [6.45, 7) is 2.01. The number of anilines is 1. The first kappa shape index (κ1) is 10.9. The van der Waals surface area contributed by atoms with E-state index >= 15 is 0 Å². The Bertz CT molecular complexity index is 310. The number of carbonyl (C=O) groups is 1. The summed E-state index contributed by atoms with van der Waals surface area (Å²) in [4.78, 5) is 10.9. The molecule has 0 aliphatic heterocycles. The van der Waals surface area contributed by atoms with Crippen LogP contribution in [-0.2, 0) is 4.79 Å². The van der Waals surface area contributed by atoms with Crippen molar-refractivity contribution in [3.05, 3.63) is 29.8 Å². The molecular weight excluding hydrogens is 196 g/mol. The quantitative estimate of drug-likeness (QED) is 0.654. The summed E-state index contributed by atoms with van der Waals surface area (Å²) in [5.74, 6) is 0.00372. The summed E-state index contributed by atoms with van der Waals surface area (Å²) >= 11 is 4.04. The van der Waals surface area contributed by atoms with Gasteiger partial charge in [0, 0.05) is 11.4 Å². The summed E-state index contributed by atoms with van der Waals surface area (Å²) in [5, 5.41) is 3.00. The summed E-state index contributed by atoms with van der Waals surface area (Å²) in [7, 11) is 0. The zero-order valence-corrected chi connectivity index (χ0v) is 8.92. The fourth-order valence-electron chi connectivity index (χ4n) is 1.06. The van der Waals surface area contributed by atoms with Crippen LogP contribution in [0.2, 0.25) is 0 Å². The van der Waals surface area contributed by atoms with Gasteiger partial charge in [-0.15, -0.1) is 0 Å². The lowest BCUT2D eigenvalue weighted by Gasteiger charge is -2.14. The average Bonchev–Trinajstić information content (AvgIpc) is 2.16. The van der Waals surface area contributed by atoms with Gasteiger partial charge in [0.25, 0.3) is 0 Å². The first-order valence-electron chi connectivity index (χ1n) is 4.37. The minimum Gasteiger partial charge on any atom is -0.373 e. The summed E-state index contributed by atoms with van der Waals surface area (Å²) in [6, 6.07) is 7.35. The van der Waals surface area contributed by atoms with E-state index in [1.54, 1.807) is 0 Å². The highest BCUT2D eigenvalue weighted by Crippen LogP contribution is 2.10. The van der Waals surface area contributed by atoms with Crippen LogP contribution >= 0.6 is 12.6 Å². The average molecular weight is 210 g/mol. The first-order chi connectivity index (χ1) is 6.63. The van der Waals surface area contributed by atoms with Crippen molar-refractivity contribution < 1.29 is 4.79 Å². The molecule has 1 aromatic carbocycles. The Morgan fingerprint density at radius 3 is 2.50 bits per heavy atom. The molecule has 1 rings (SSSR count). The summed E-state index contributed by atoms with van der Waals surface area (Å²) in [5.41, 5.74) is 7.24. The summed E-state index contributed by atoms with van der Waals surface area (Å²) < 4.78 is 0. The maximum Gasteiger partial charge on any atom is 0.240 e. The van der Waals surface area contributed by atoms with E-state index in [-0.39, 0.29) is 5.91 Å². The number of hydrogen-bond acceptors (Lipinski definition) is 3. The molecular formula is C10H14N2OS. The Balaban J connectivity index is 2.67. The number of amides is 1. The molecule has 0 fully saturated rings. The molecule has 14 heavy (non-hydrogen) atoms. The van der Waals surface area contributed by atoms with Gasteiger partial charge in [-0.25, -0.2) is 0 Å². The van der Waals surface area contributed by atoms with Crippen molar-refractivity contribution in [1.29, 1.82) is 0 Å². The smallest absolute Gasteiger partial charge is 0.240 e. The number of rotatable bonds is 4. The minimum atomic E-state index is -0.416. The maximum absolute atomic E-state index is 10.9. The third-order valence-electron chi connectivity index (χ3n) is 1.92. The number of carbonyl (C=O) groups excluding carboxylic acids is 1. The van der Waals surface area contributed by atoms with Gasteiger partial charge < -0.3 is 11.1 Å². The number of hydrogen-bond donors (Lipinski definition) is 3. The number of nitrogens with one attached hydrogen (secondary N) is 1. The van der Waals surface area contributed by atoms with Gasteiger partial charge in [-0.1, -0.05) is 17.7 Å². The van der Waals surface area contributed by atoms with Crippen molar-refractivity contribution in [1.82, 2.24) is 0 Å². The van der Waals surface area contributed by atoms with Gasteiger partial charge in [0.15, 0.2) is 0 Å². The largest absolute Gasteiger partial charge is 0.373 e. The Kier molecular flexibility index (Phi) is 3.83. The Hall–Kier alpha value is -1.16. The highest BCUT2D eigenvalue weighted by molar-refractivity contribution is 7.80. The van der Waals surface area contributed by atoms with Crippen LogP contribution in [0, 0.1) is 6.92 Å². The van der Waals surface area contributed by atoms with Gasteiger partial charge in [0.1, 0.15) is 6.04 Å². The topological polar surface area (TPSA) is 55.1 Å². The fraction of sp³-hybridized carbons (Fsp3) is 0.300. The molecule has 4 heteroatoms. The second kappa shape index (κ2) is 4.91. The van der Waals surface area contributed by atoms with Gasteiger partial charge >= 0.3 is 0 Å². The third kappa shape index (κ3) is 2.96. The van der Waals surface area contributed by atoms with Crippen molar-refractivity contribution in [2.24, 2.45) is 5.73 Å². The molecule has 0 aromatic heterocycles. The predicted octanol–water partition coefficient (Wildman–Crippen LogP) is 1.19. The first-order valence-corrected chi connectivity index (χ1v) is 5.00. The van der Waals surface area contributed by atoms with Gasteiger partial charge in [0.2, 0.25) is 5.91 Å². The molecule has 3 N–H and O–H groups in total. The molecule has 0 saturated carbocycles. The molecule has 1 amide bonds. The van der Waals surface area contributed by atoms with Crippen LogP contribution < -0.4 is 11.1 Å².